The van der Waals surface area contributed by atoms with Crippen LogP contribution in [-0.2, 0) is 22.5 Å². The number of halogens is 1. The summed E-state index contributed by atoms with van der Waals surface area (Å²) in [6.07, 6.45) is 6.19. The molecule has 0 bridgehead atoms. The summed E-state index contributed by atoms with van der Waals surface area (Å²) in [4.78, 5) is 28.5. The Balaban J connectivity index is 0.00000225. The van der Waals surface area contributed by atoms with Crippen molar-refractivity contribution in [2.75, 3.05) is 25.5 Å². The maximum absolute atomic E-state index is 12.6. The van der Waals surface area contributed by atoms with Gasteiger partial charge in [0.1, 0.15) is 5.00 Å². The molecule has 0 atom stereocenters. The molecule has 1 N–H and O–H groups in total. The molecule has 140 valence electrons. The Morgan fingerprint density at radius 1 is 1.28 bits per heavy atom. The molecule has 1 aliphatic carbocycles. The molecule has 1 aromatic heterocycles. The molecule has 0 saturated heterocycles. The Morgan fingerprint density at radius 3 is 2.68 bits per heavy atom. The van der Waals surface area contributed by atoms with Crippen molar-refractivity contribution in [3.8, 4) is 0 Å². The number of amides is 1. The zero-order chi connectivity index (χ0) is 17.1. The minimum atomic E-state index is -0.307. The zero-order valence-corrected chi connectivity index (χ0v) is 16.6. The van der Waals surface area contributed by atoms with Gasteiger partial charge in [0, 0.05) is 23.9 Å². The van der Waals surface area contributed by atoms with Gasteiger partial charge in [0.05, 0.1) is 12.2 Å². The van der Waals surface area contributed by atoms with E-state index in [9.17, 15) is 9.59 Å². The molecule has 5 nitrogen and oxygen atoms in total. The van der Waals surface area contributed by atoms with Gasteiger partial charge in [-0.15, -0.1) is 23.7 Å². The highest BCUT2D eigenvalue weighted by atomic mass is 35.5. The summed E-state index contributed by atoms with van der Waals surface area (Å²) < 4.78 is 5.25. The summed E-state index contributed by atoms with van der Waals surface area (Å²) in [5.41, 5.74) is 1.66. The first-order valence-electron chi connectivity index (χ1n) is 8.91. The molecular weight excluding hydrogens is 360 g/mol. The third-order valence-corrected chi connectivity index (χ3v) is 6.07. The Kier molecular flexibility index (Phi) is 7.28. The lowest BCUT2D eigenvalue weighted by Crippen LogP contribution is -2.27. The van der Waals surface area contributed by atoms with Gasteiger partial charge in [-0.05, 0) is 38.8 Å². The molecule has 2 aliphatic rings. The average Bonchev–Trinajstić information content (AvgIpc) is 2.92. The highest BCUT2D eigenvalue weighted by Gasteiger charge is 2.30. The summed E-state index contributed by atoms with van der Waals surface area (Å²) in [5, 5.41) is 3.74. The molecule has 0 unspecified atom stereocenters. The number of carbonyl (C=O) groups is 2. The number of nitrogens with one attached hydrogen (secondary N) is 1. The quantitative estimate of drug-likeness (QED) is 0.798. The molecule has 1 aliphatic heterocycles. The smallest absolute Gasteiger partial charge is 0.341 e. The molecule has 3 rings (SSSR count). The molecule has 1 amide bonds. The van der Waals surface area contributed by atoms with Crippen LogP contribution < -0.4 is 5.32 Å². The largest absolute Gasteiger partial charge is 0.462 e. The van der Waals surface area contributed by atoms with Gasteiger partial charge in [-0.3, -0.25) is 4.79 Å². The SMILES string of the molecule is CCOC(=O)c1c(NC(=O)C2CCCCC2)sc2c1CCN(C)C2.Cl. The predicted octanol–water partition coefficient (Wildman–Crippen LogP) is 3.85. The normalized spacial score (nSPS) is 18.2. The summed E-state index contributed by atoms with van der Waals surface area (Å²) in [6, 6.07) is 0. The molecular formula is C18H27ClN2O3S. The first kappa shape index (κ1) is 20.2. The fraction of sp³-hybridized carbons (Fsp3) is 0.667. The van der Waals surface area contributed by atoms with Gasteiger partial charge in [0.15, 0.2) is 0 Å². The van der Waals surface area contributed by atoms with Crippen LogP contribution in [0.15, 0.2) is 0 Å². The van der Waals surface area contributed by atoms with Crippen LogP contribution in [0.1, 0.15) is 59.8 Å². The van der Waals surface area contributed by atoms with Gasteiger partial charge in [0.25, 0.3) is 0 Å². The lowest BCUT2D eigenvalue weighted by atomic mass is 9.88. The van der Waals surface area contributed by atoms with Crippen molar-refractivity contribution >= 4 is 40.6 Å². The second-order valence-electron chi connectivity index (χ2n) is 6.74. The lowest BCUT2D eigenvalue weighted by Gasteiger charge is -2.22. The molecule has 1 saturated carbocycles. The number of rotatable bonds is 4. The zero-order valence-electron chi connectivity index (χ0n) is 14.9. The summed E-state index contributed by atoms with van der Waals surface area (Å²) in [7, 11) is 2.08. The minimum absolute atomic E-state index is 0. The molecule has 0 radical (unpaired) electrons. The van der Waals surface area contributed by atoms with Crippen LogP contribution >= 0.6 is 23.7 Å². The second-order valence-corrected chi connectivity index (χ2v) is 7.85. The molecule has 7 heteroatoms. The third kappa shape index (κ3) is 4.54. The summed E-state index contributed by atoms with van der Waals surface area (Å²) in [6.45, 7) is 3.90. The topological polar surface area (TPSA) is 58.6 Å². The van der Waals surface area contributed by atoms with E-state index in [0.29, 0.717) is 17.2 Å². The van der Waals surface area contributed by atoms with Crippen molar-refractivity contribution in [1.82, 2.24) is 4.90 Å². The number of carbonyl (C=O) groups excluding carboxylic acids is 2. The van der Waals surface area contributed by atoms with E-state index in [4.69, 9.17) is 4.74 Å². The Hall–Kier alpha value is -1.11. The van der Waals surface area contributed by atoms with Crippen molar-refractivity contribution in [2.24, 2.45) is 5.92 Å². The van der Waals surface area contributed by atoms with E-state index in [2.05, 4.69) is 17.3 Å². The van der Waals surface area contributed by atoms with Gasteiger partial charge in [0.2, 0.25) is 5.91 Å². The fourth-order valence-electron chi connectivity index (χ4n) is 3.62. The van der Waals surface area contributed by atoms with Crippen molar-refractivity contribution in [3.05, 3.63) is 16.0 Å². The molecule has 0 spiro atoms. The third-order valence-electron chi connectivity index (χ3n) is 4.94. The van der Waals surface area contributed by atoms with Crippen LogP contribution in [-0.4, -0.2) is 37.0 Å². The number of esters is 1. The van der Waals surface area contributed by atoms with E-state index in [1.54, 1.807) is 0 Å². The van der Waals surface area contributed by atoms with Crippen molar-refractivity contribution < 1.29 is 14.3 Å². The predicted molar refractivity (Wildman–Crippen MR) is 103 cm³/mol. The molecule has 0 aromatic carbocycles. The summed E-state index contributed by atoms with van der Waals surface area (Å²) >= 11 is 1.54. The first-order valence-corrected chi connectivity index (χ1v) is 9.72. The minimum Gasteiger partial charge on any atom is -0.462 e. The molecule has 1 aromatic rings. The van der Waals surface area contributed by atoms with Gasteiger partial charge < -0.3 is 15.0 Å². The van der Waals surface area contributed by atoms with Gasteiger partial charge in [-0.25, -0.2) is 4.79 Å². The maximum Gasteiger partial charge on any atom is 0.341 e. The van der Waals surface area contributed by atoms with Gasteiger partial charge in [-0.2, -0.15) is 0 Å². The van der Waals surface area contributed by atoms with E-state index in [0.717, 1.165) is 50.8 Å². The highest BCUT2D eigenvalue weighted by molar-refractivity contribution is 7.17. The van der Waals surface area contributed by atoms with Crippen molar-refractivity contribution in [1.29, 1.82) is 0 Å². The number of hydrogen-bond donors (Lipinski definition) is 1. The van der Waals surface area contributed by atoms with Crippen LogP contribution in [0.5, 0.6) is 0 Å². The van der Waals surface area contributed by atoms with E-state index >= 15 is 0 Å². The highest BCUT2D eigenvalue weighted by Crippen LogP contribution is 2.38. The van der Waals surface area contributed by atoms with E-state index < -0.39 is 0 Å². The molecule has 2 heterocycles. The lowest BCUT2D eigenvalue weighted by molar-refractivity contribution is -0.120. The average molecular weight is 387 g/mol. The number of ether oxygens (including phenoxy) is 1. The number of hydrogen-bond acceptors (Lipinski definition) is 5. The Bertz CT molecular complexity index is 626. The first-order chi connectivity index (χ1) is 11.6. The van der Waals surface area contributed by atoms with E-state index in [1.165, 1.54) is 22.6 Å². The monoisotopic (exact) mass is 386 g/mol. The standard InChI is InChI=1S/C18H26N2O3S.ClH/c1-3-23-18(22)15-13-9-10-20(2)11-14(13)24-17(15)19-16(21)12-7-5-4-6-8-12;/h12H,3-11H2,1-2H3,(H,19,21);1H. The molecule has 25 heavy (non-hydrogen) atoms. The number of fused-ring (bicyclic) bond motifs is 1. The van der Waals surface area contributed by atoms with Gasteiger partial charge >= 0.3 is 5.97 Å². The van der Waals surface area contributed by atoms with Crippen LogP contribution in [0, 0.1) is 5.92 Å². The number of nitrogens with zero attached hydrogens (tertiary/aromatic N) is 1. The van der Waals surface area contributed by atoms with E-state index in [-0.39, 0.29) is 30.2 Å². The van der Waals surface area contributed by atoms with Crippen LogP contribution in [0.2, 0.25) is 0 Å². The Labute approximate surface area is 159 Å². The van der Waals surface area contributed by atoms with Gasteiger partial charge in [-0.1, -0.05) is 19.3 Å². The van der Waals surface area contributed by atoms with Crippen molar-refractivity contribution in [2.45, 2.75) is 52.0 Å². The van der Waals surface area contributed by atoms with Crippen LogP contribution in [0.25, 0.3) is 0 Å². The number of likely N-dealkylation sites (N-methyl/N-ethyl adjacent to an activating group) is 1. The van der Waals surface area contributed by atoms with Crippen LogP contribution in [0.3, 0.4) is 0 Å². The van der Waals surface area contributed by atoms with E-state index in [1.807, 2.05) is 6.92 Å². The fourth-order valence-corrected chi connectivity index (χ4v) is 4.94. The second kappa shape index (κ2) is 9.01. The maximum atomic E-state index is 12.6. The number of thiophene rings is 1. The molecule has 1 fully saturated rings. The van der Waals surface area contributed by atoms with Crippen molar-refractivity contribution in [3.63, 3.8) is 0 Å². The number of anilines is 1. The summed E-state index contributed by atoms with van der Waals surface area (Å²) in [5.74, 6) is -0.165. The van der Waals surface area contributed by atoms with Crippen LogP contribution in [0.4, 0.5) is 5.00 Å². The Morgan fingerprint density at radius 2 is 2.00 bits per heavy atom.